The van der Waals surface area contributed by atoms with Crippen LogP contribution in [0.15, 0.2) is 34.9 Å². The molecule has 4 rings (SSSR count). The summed E-state index contributed by atoms with van der Waals surface area (Å²) in [4.78, 5) is 0. The predicted molar refractivity (Wildman–Crippen MR) is 87.5 cm³/mol. The SMILES string of the molecule is Fc1cc(Br)ccc1-c1ccnn1C1CCC2(CC1)OCCO2. The second-order valence-electron chi connectivity index (χ2n) is 6.12. The number of hydrogen-bond acceptors (Lipinski definition) is 3. The third-order valence-corrected chi connectivity index (χ3v) is 5.25. The van der Waals surface area contributed by atoms with Crippen molar-refractivity contribution in [1.29, 1.82) is 0 Å². The molecule has 1 aromatic heterocycles. The van der Waals surface area contributed by atoms with Crippen LogP contribution in [0.3, 0.4) is 0 Å². The molecule has 6 heteroatoms. The van der Waals surface area contributed by atoms with Crippen molar-refractivity contribution in [3.8, 4) is 11.3 Å². The number of halogens is 2. The molecule has 0 atom stereocenters. The van der Waals surface area contributed by atoms with Crippen molar-refractivity contribution in [2.45, 2.75) is 37.5 Å². The fourth-order valence-corrected chi connectivity index (χ4v) is 3.92. The van der Waals surface area contributed by atoms with Gasteiger partial charge in [-0.1, -0.05) is 15.9 Å². The molecule has 0 bridgehead atoms. The van der Waals surface area contributed by atoms with Crippen LogP contribution in [0.1, 0.15) is 31.7 Å². The highest BCUT2D eigenvalue weighted by molar-refractivity contribution is 9.10. The molecule has 0 unspecified atom stereocenters. The average molecular weight is 381 g/mol. The maximum atomic E-state index is 14.3. The van der Waals surface area contributed by atoms with E-state index in [1.165, 1.54) is 6.07 Å². The minimum Gasteiger partial charge on any atom is -0.348 e. The van der Waals surface area contributed by atoms with Gasteiger partial charge in [0.15, 0.2) is 5.79 Å². The van der Waals surface area contributed by atoms with E-state index in [1.54, 1.807) is 12.3 Å². The predicted octanol–water partition coefficient (Wildman–Crippen LogP) is 4.31. The number of nitrogens with zero attached hydrogens (tertiary/aromatic N) is 2. The Labute approximate surface area is 142 Å². The van der Waals surface area contributed by atoms with Crippen LogP contribution in [0.4, 0.5) is 4.39 Å². The molecule has 0 N–H and O–H groups in total. The summed E-state index contributed by atoms with van der Waals surface area (Å²) in [6, 6.07) is 7.26. The van der Waals surface area contributed by atoms with Crippen molar-refractivity contribution in [1.82, 2.24) is 9.78 Å². The highest BCUT2D eigenvalue weighted by Crippen LogP contribution is 2.41. The summed E-state index contributed by atoms with van der Waals surface area (Å²) < 4.78 is 28.5. The molecule has 23 heavy (non-hydrogen) atoms. The molecule has 1 aliphatic heterocycles. The molecule has 1 saturated heterocycles. The van der Waals surface area contributed by atoms with Crippen LogP contribution in [0.2, 0.25) is 0 Å². The zero-order chi connectivity index (χ0) is 15.9. The molecule has 2 fully saturated rings. The fraction of sp³-hybridized carbons (Fsp3) is 0.471. The van der Waals surface area contributed by atoms with Crippen LogP contribution >= 0.6 is 15.9 Å². The first-order valence-corrected chi connectivity index (χ1v) is 8.73. The number of ether oxygens (including phenoxy) is 2. The second kappa shape index (κ2) is 6.00. The molecule has 1 aromatic carbocycles. The lowest BCUT2D eigenvalue weighted by Gasteiger charge is -2.35. The fourth-order valence-electron chi connectivity index (χ4n) is 3.59. The van der Waals surface area contributed by atoms with Crippen LogP contribution < -0.4 is 0 Å². The molecule has 0 radical (unpaired) electrons. The molecule has 4 nitrogen and oxygen atoms in total. The van der Waals surface area contributed by atoms with Gasteiger partial charge in [-0.15, -0.1) is 0 Å². The smallest absolute Gasteiger partial charge is 0.168 e. The highest BCUT2D eigenvalue weighted by atomic mass is 79.9. The first-order valence-electron chi connectivity index (χ1n) is 7.94. The van der Waals surface area contributed by atoms with Gasteiger partial charge in [-0.2, -0.15) is 5.10 Å². The summed E-state index contributed by atoms with van der Waals surface area (Å²) in [5.41, 5.74) is 1.41. The van der Waals surface area contributed by atoms with Crippen LogP contribution in [0.25, 0.3) is 11.3 Å². The number of hydrogen-bond donors (Lipinski definition) is 0. The van der Waals surface area contributed by atoms with Crippen LogP contribution in [-0.2, 0) is 9.47 Å². The Morgan fingerprint density at radius 1 is 1.17 bits per heavy atom. The second-order valence-corrected chi connectivity index (χ2v) is 7.04. The van der Waals surface area contributed by atoms with E-state index in [0.29, 0.717) is 18.8 Å². The lowest BCUT2D eigenvalue weighted by Crippen LogP contribution is -2.36. The summed E-state index contributed by atoms with van der Waals surface area (Å²) >= 11 is 3.30. The van der Waals surface area contributed by atoms with Crippen molar-refractivity contribution >= 4 is 15.9 Å². The zero-order valence-corrected chi connectivity index (χ0v) is 14.3. The van der Waals surface area contributed by atoms with Gasteiger partial charge in [-0.3, -0.25) is 4.68 Å². The quantitative estimate of drug-likeness (QED) is 0.778. The molecule has 2 aromatic rings. The molecule has 122 valence electrons. The van der Waals surface area contributed by atoms with Gasteiger partial charge in [0.1, 0.15) is 5.82 Å². The lowest BCUT2D eigenvalue weighted by atomic mass is 9.90. The van der Waals surface area contributed by atoms with Gasteiger partial charge in [0.25, 0.3) is 0 Å². The van der Waals surface area contributed by atoms with E-state index in [2.05, 4.69) is 21.0 Å². The van der Waals surface area contributed by atoms with E-state index < -0.39 is 0 Å². The maximum absolute atomic E-state index is 14.3. The van der Waals surface area contributed by atoms with Gasteiger partial charge in [0.2, 0.25) is 0 Å². The minimum atomic E-state index is -0.382. The van der Waals surface area contributed by atoms with Crippen LogP contribution in [0.5, 0.6) is 0 Å². The van der Waals surface area contributed by atoms with Gasteiger partial charge in [-0.25, -0.2) is 4.39 Å². The Bertz CT molecular complexity index is 702. The standard InChI is InChI=1S/C17H18BrFN2O2/c18-12-1-2-14(15(19)11-12)16-5-8-20-21(16)13-3-6-17(7-4-13)22-9-10-23-17/h1-2,5,8,11,13H,3-4,6-7,9-10H2. The third kappa shape index (κ3) is 2.84. The molecular weight excluding hydrogens is 363 g/mol. The minimum absolute atomic E-state index is 0.240. The molecule has 1 spiro atoms. The van der Waals surface area contributed by atoms with Crippen LogP contribution in [-0.4, -0.2) is 28.8 Å². The normalized spacial score (nSPS) is 21.1. The summed E-state index contributed by atoms with van der Waals surface area (Å²) in [6.45, 7) is 1.36. The lowest BCUT2D eigenvalue weighted by molar-refractivity contribution is -0.181. The Morgan fingerprint density at radius 2 is 1.91 bits per heavy atom. The molecular formula is C17H18BrFN2O2. The first kappa shape index (κ1) is 15.3. The van der Waals surface area contributed by atoms with Gasteiger partial charge in [-0.05, 0) is 37.1 Å². The summed E-state index contributed by atoms with van der Waals surface area (Å²) in [7, 11) is 0. The van der Waals surface area contributed by atoms with Crippen molar-refractivity contribution in [2.75, 3.05) is 13.2 Å². The Hall–Kier alpha value is -1.24. The summed E-state index contributed by atoms with van der Waals surface area (Å²) in [5.74, 6) is -0.622. The van der Waals surface area contributed by atoms with E-state index in [1.807, 2.05) is 16.8 Å². The number of benzene rings is 1. The Kier molecular flexibility index (Phi) is 3.99. The van der Waals surface area contributed by atoms with E-state index in [9.17, 15) is 4.39 Å². The van der Waals surface area contributed by atoms with Crippen LogP contribution in [0, 0.1) is 5.82 Å². The van der Waals surface area contributed by atoms with Gasteiger partial charge in [0.05, 0.1) is 24.9 Å². The highest BCUT2D eigenvalue weighted by Gasteiger charge is 2.41. The van der Waals surface area contributed by atoms with Crippen molar-refractivity contribution < 1.29 is 13.9 Å². The summed E-state index contributed by atoms with van der Waals surface area (Å²) in [6.07, 6.45) is 5.31. The van der Waals surface area contributed by atoms with Crippen molar-refractivity contribution in [3.63, 3.8) is 0 Å². The number of rotatable bonds is 2. The van der Waals surface area contributed by atoms with E-state index >= 15 is 0 Å². The van der Waals surface area contributed by atoms with Gasteiger partial charge < -0.3 is 9.47 Å². The Balaban J connectivity index is 1.58. The third-order valence-electron chi connectivity index (χ3n) is 4.75. The maximum Gasteiger partial charge on any atom is 0.168 e. The number of aromatic nitrogens is 2. The van der Waals surface area contributed by atoms with Gasteiger partial charge >= 0.3 is 0 Å². The zero-order valence-electron chi connectivity index (χ0n) is 12.7. The van der Waals surface area contributed by atoms with E-state index in [4.69, 9.17) is 9.47 Å². The molecule has 2 heterocycles. The monoisotopic (exact) mass is 380 g/mol. The van der Waals surface area contributed by atoms with Crippen molar-refractivity contribution in [3.05, 3.63) is 40.8 Å². The molecule has 1 saturated carbocycles. The topological polar surface area (TPSA) is 36.3 Å². The first-order chi connectivity index (χ1) is 11.2. The molecule has 2 aliphatic rings. The Morgan fingerprint density at radius 3 is 2.61 bits per heavy atom. The van der Waals surface area contributed by atoms with E-state index in [-0.39, 0.29) is 17.6 Å². The average Bonchev–Trinajstić information content (AvgIpc) is 3.18. The molecule has 1 aliphatic carbocycles. The van der Waals surface area contributed by atoms with E-state index in [0.717, 1.165) is 35.8 Å². The van der Waals surface area contributed by atoms with Crippen molar-refractivity contribution in [2.24, 2.45) is 0 Å². The largest absolute Gasteiger partial charge is 0.348 e. The summed E-state index contributed by atoms with van der Waals surface area (Å²) in [5, 5.41) is 4.45. The molecule has 0 amide bonds. The van der Waals surface area contributed by atoms with Gasteiger partial charge in [0, 0.05) is 29.1 Å².